The van der Waals surface area contributed by atoms with Gasteiger partial charge in [0.15, 0.2) is 11.2 Å². The Bertz CT molecular complexity index is 1410. The molecule has 34 heavy (non-hydrogen) atoms. The summed E-state index contributed by atoms with van der Waals surface area (Å²) in [6.45, 7) is 6.70. The number of tetrazole rings is 1. The number of anilines is 1. The lowest BCUT2D eigenvalue weighted by Gasteiger charge is -2.35. The Morgan fingerprint density at radius 2 is 1.85 bits per heavy atom. The van der Waals surface area contributed by atoms with Gasteiger partial charge in [-0.05, 0) is 40.8 Å². The molecule has 1 aliphatic heterocycles. The van der Waals surface area contributed by atoms with Crippen LogP contribution < -0.4 is 16.1 Å². The van der Waals surface area contributed by atoms with Gasteiger partial charge in [-0.2, -0.15) is 9.67 Å². The summed E-state index contributed by atoms with van der Waals surface area (Å²) < 4.78 is 5.03. The monoisotopic (exact) mass is 481 g/mol. The van der Waals surface area contributed by atoms with Gasteiger partial charge >= 0.3 is 5.69 Å². The molecule has 1 N–H and O–H groups in total. The van der Waals surface area contributed by atoms with Crippen molar-refractivity contribution in [3.8, 4) is 5.69 Å². The van der Waals surface area contributed by atoms with Crippen molar-refractivity contribution < 1.29 is 0 Å². The molecule has 11 nitrogen and oxygen atoms in total. The minimum Gasteiger partial charge on any atom is -0.342 e. The van der Waals surface area contributed by atoms with Crippen LogP contribution in [-0.4, -0.2) is 58.2 Å². The molecule has 4 aromatic rings. The number of rotatable bonds is 6. The van der Waals surface area contributed by atoms with Crippen LogP contribution in [0.4, 0.5) is 5.95 Å². The number of aromatic nitrogens is 8. The lowest BCUT2D eigenvalue weighted by Crippen LogP contribution is -2.40. The zero-order valence-electron chi connectivity index (χ0n) is 19.4. The summed E-state index contributed by atoms with van der Waals surface area (Å²) in [5, 5.41) is 12.8. The predicted molar refractivity (Wildman–Crippen MR) is 131 cm³/mol. The van der Waals surface area contributed by atoms with E-state index in [4.69, 9.17) is 4.98 Å². The number of benzene rings is 1. The molecule has 4 heterocycles. The fourth-order valence-corrected chi connectivity index (χ4v) is 5.55. The molecule has 178 valence electrons. The molecule has 0 unspecified atom stereocenters. The van der Waals surface area contributed by atoms with Crippen LogP contribution in [0.1, 0.15) is 20.3 Å². The topological polar surface area (TPSA) is 120 Å². The van der Waals surface area contributed by atoms with Crippen LogP contribution in [-0.2, 0) is 13.6 Å². The Labute approximate surface area is 199 Å². The molecule has 0 saturated carbocycles. The molecule has 1 fully saturated rings. The highest BCUT2D eigenvalue weighted by Crippen LogP contribution is 2.28. The van der Waals surface area contributed by atoms with E-state index in [0.717, 1.165) is 31.1 Å². The van der Waals surface area contributed by atoms with Crippen molar-refractivity contribution in [3.63, 3.8) is 0 Å². The molecular weight excluding hydrogens is 454 g/mol. The van der Waals surface area contributed by atoms with Gasteiger partial charge in [-0.1, -0.05) is 43.8 Å². The first-order chi connectivity index (χ1) is 16.4. The highest BCUT2D eigenvalue weighted by Gasteiger charge is 2.27. The van der Waals surface area contributed by atoms with E-state index in [1.54, 1.807) is 11.7 Å². The fourth-order valence-electron chi connectivity index (χ4n) is 4.73. The highest BCUT2D eigenvalue weighted by atomic mass is 32.2. The van der Waals surface area contributed by atoms with E-state index in [9.17, 15) is 9.59 Å². The predicted octanol–water partition coefficient (Wildman–Crippen LogP) is 1.67. The number of aromatic amines is 1. The Hall–Kier alpha value is -3.41. The van der Waals surface area contributed by atoms with Gasteiger partial charge in [-0.15, -0.1) is 5.10 Å². The molecule has 0 amide bonds. The van der Waals surface area contributed by atoms with Gasteiger partial charge in [-0.25, -0.2) is 4.79 Å². The maximum absolute atomic E-state index is 12.8. The highest BCUT2D eigenvalue weighted by molar-refractivity contribution is 7.99. The first kappa shape index (κ1) is 22.4. The molecule has 1 aliphatic rings. The van der Waals surface area contributed by atoms with Crippen LogP contribution in [0.15, 0.2) is 45.1 Å². The Kier molecular flexibility index (Phi) is 5.98. The third kappa shape index (κ3) is 4.13. The second-order valence-electron chi connectivity index (χ2n) is 8.96. The Morgan fingerprint density at radius 1 is 1.12 bits per heavy atom. The maximum Gasteiger partial charge on any atom is 0.329 e. The Morgan fingerprint density at radius 3 is 2.59 bits per heavy atom. The number of aryl methyl sites for hydroxylation is 2. The van der Waals surface area contributed by atoms with Gasteiger partial charge in [0.1, 0.15) is 0 Å². The van der Waals surface area contributed by atoms with E-state index in [2.05, 4.69) is 39.3 Å². The maximum atomic E-state index is 12.8. The lowest BCUT2D eigenvalue weighted by atomic mass is 9.92. The van der Waals surface area contributed by atoms with Crippen molar-refractivity contribution in [2.45, 2.75) is 32.0 Å². The first-order valence-corrected chi connectivity index (χ1v) is 12.3. The standard InChI is InChI=1S/C22H27N9O2S/c1-14-11-15(2)13-29(12-14)20-23-18-17(19(32)24-21(33)28(18)3)30(20)9-10-34-22-25-26-27-31(22)16-7-5-4-6-8-16/h4-8,14-15H,9-13H2,1-3H3,(H,24,32,33)/t14-,15-/m1/s1. The van der Waals surface area contributed by atoms with E-state index in [-0.39, 0.29) is 0 Å². The summed E-state index contributed by atoms with van der Waals surface area (Å²) in [7, 11) is 1.63. The number of hydrogen-bond donors (Lipinski definition) is 1. The molecule has 0 spiro atoms. The van der Waals surface area contributed by atoms with E-state index in [1.807, 2.05) is 34.9 Å². The molecule has 1 saturated heterocycles. The number of hydrogen-bond acceptors (Lipinski definition) is 8. The van der Waals surface area contributed by atoms with Crippen LogP contribution in [0, 0.1) is 11.8 Å². The number of nitrogens with zero attached hydrogens (tertiary/aromatic N) is 8. The van der Waals surface area contributed by atoms with Gasteiger partial charge in [0.2, 0.25) is 11.1 Å². The second-order valence-corrected chi connectivity index (χ2v) is 10.0. The smallest absolute Gasteiger partial charge is 0.329 e. The van der Waals surface area contributed by atoms with Crippen molar-refractivity contribution in [2.75, 3.05) is 23.7 Å². The van der Waals surface area contributed by atoms with Crippen LogP contribution in [0.3, 0.4) is 0 Å². The van der Waals surface area contributed by atoms with Gasteiger partial charge < -0.3 is 9.47 Å². The zero-order chi connectivity index (χ0) is 23.8. The number of piperidine rings is 1. The average molecular weight is 482 g/mol. The molecule has 3 aromatic heterocycles. The van der Waals surface area contributed by atoms with Crippen molar-refractivity contribution in [3.05, 3.63) is 51.2 Å². The quantitative estimate of drug-likeness (QED) is 0.413. The molecule has 0 bridgehead atoms. The number of para-hydroxylation sites is 1. The Balaban J connectivity index is 1.48. The van der Waals surface area contributed by atoms with Gasteiger partial charge in [-0.3, -0.25) is 14.3 Å². The molecule has 1 aromatic carbocycles. The molecule has 12 heteroatoms. The third-order valence-electron chi connectivity index (χ3n) is 6.13. The number of nitrogens with one attached hydrogen (secondary N) is 1. The summed E-state index contributed by atoms with van der Waals surface area (Å²) in [5.74, 6) is 2.38. The van der Waals surface area contributed by atoms with Gasteiger partial charge in [0.05, 0.1) is 5.69 Å². The van der Waals surface area contributed by atoms with E-state index < -0.39 is 11.2 Å². The summed E-state index contributed by atoms with van der Waals surface area (Å²) in [5.41, 5.74) is 0.797. The molecule has 5 rings (SSSR count). The van der Waals surface area contributed by atoms with Crippen molar-refractivity contribution in [1.29, 1.82) is 0 Å². The number of imidazole rings is 1. The van der Waals surface area contributed by atoms with Crippen LogP contribution in [0.25, 0.3) is 16.9 Å². The SMILES string of the molecule is C[C@@H]1C[C@@H](C)CN(c2nc3c(c(=O)[nH]c(=O)n3C)n2CCSc2nnnn2-c2ccccc2)C1. The van der Waals surface area contributed by atoms with E-state index in [0.29, 0.717) is 40.5 Å². The van der Waals surface area contributed by atoms with Crippen molar-refractivity contribution in [2.24, 2.45) is 18.9 Å². The van der Waals surface area contributed by atoms with Crippen LogP contribution in [0.5, 0.6) is 0 Å². The van der Waals surface area contributed by atoms with Crippen LogP contribution in [0.2, 0.25) is 0 Å². The summed E-state index contributed by atoms with van der Waals surface area (Å²) in [4.78, 5) is 34.5. The first-order valence-electron chi connectivity index (χ1n) is 11.3. The largest absolute Gasteiger partial charge is 0.342 e. The third-order valence-corrected chi connectivity index (χ3v) is 7.03. The molecule has 0 aliphatic carbocycles. The fraction of sp³-hybridized carbons (Fsp3) is 0.455. The lowest BCUT2D eigenvalue weighted by molar-refractivity contribution is 0.352. The van der Waals surface area contributed by atoms with Crippen LogP contribution >= 0.6 is 11.8 Å². The minimum atomic E-state index is -0.467. The van der Waals surface area contributed by atoms with Gasteiger partial charge in [0.25, 0.3) is 5.56 Å². The summed E-state index contributed by atoms with van der Waals surface area (Å²) >= 11 is 1.50. The average Bonchev–Trinajstić information content (AvgIpc) is 3.43. The van der Waals surface area contributed by atoms with E-state index in [1.165, 1.54) is 16.3 Å². The summed E-state index contributed by atoms with van der Waals surface area (Å²) in [6, 6.07) is 9.71. The van der Waals surface area contributed by atoms with Crippen molar-refractivity contribution in [1.82, 2.24) is 39.3 Å². The second kappa shape index (κ2) is 9.09. The van der Waals surface area contributed by atoms with Crippen molar-refractivity contribution >= 4 is 28.9 Å². The molecule has 0 radical (unpaired) electrons. The van der Waals surface area contributed by atoms with Gasteiger partial charge in [0, 0.05) is 32.4 Å². The normalized spacial score (nSPS) is 18.6. The van der Waals surface area contributed by atoms with E-state index >= 15 is 0 Å². The minimum absolute atomic E-state index is 0.397. The number of fused-ring (bicyclic) bond motifs is 1. The molecule has 2 atom stereocenters. The number of thioether (sulfide) groups is 1. The number of H-pyrrole nitrogens is 1. The zero-order valence-corrected chi connectivity index (χ0v) is 20.2. The molecular formula is C22H27N9O2S. The summed E-state index contributed by atoms with van der Waals surface area (Å²) in [6.07, 6.45) is 1.16.